The van der Waals surface area contributed by atoms with E-state index >= 15 is 0 Å². The molecule has 1 aromatic heterocycles. The molecule has 0 bridgehead atoms. The minimum Gasteiger partial charge on any atom is -0.466 e. The summed E-state index contributed by atoms with van der Waals surface area (Å²) in [6, 6.07) is 0.795. The molecule has 1 aromatic rings. The molecular formula is C12H12F6N2O3. The van der Waals surface area contributed by atoms with Gasteiger partial charge >= 0.3 is 18.5 Å². The SMILES string of the molecule is CCOC(=O)Cc1cc(CN)c(C(F)(F)F)c(OC(F)(F)F)n1. The number of carbonyl (C=O) groups is 1. The highest BCUT2D eigenvalue weighted by molar-refractivity contribution is 5.72. The van der Waals surface area contributed by atoms with E-state index in [1.54, 1.807) is 0 Å². The molecule has 0 radical (unpaired) electrons. The Kier molecular flexibility index (Phi) is 5.81. The van der Waals surface area contributed by atoms with Crippen molar-refractivity contribution in [3.8, 4) is 5.88 Å². The van der Waals surface area contributed by atoms with Crippen LogP contribution in [0.5, 0.6) is 5.88 Å². The molecular weight excluding hydrogens is 334 g/mol. The lowest BCUT2D eigenvalue weighted by Gasteiger charge is -2.18. The van der Waals surface area contributed by atoms with E-state index in [4.69, 9.17) is 5.73 Å². The highest BCUT2D eigenvalue weighted by Crippen LogP contribution is 2.39. The van der Waals surface area contributed by atoms with Crippen molar-refractivity contribution in [3.05, 3.63) is 22.9 Å². The minimum absolute atomic E-state index is 0.00484. The van der Waals surface area contributed by atoms with E-state index in [0.717, 1.165) is 6.07 Å². The highest BCUT2D eigenvalue weighted by Gasteiger charge is 2.42. The monoisotopic (exact) mass is 346 g/mol. The molecule has 0 aliphatic rings. The number of esters is 1. The summed E-state index contributed by atoms with van der Waals surface area (Å²) in [5, 5.41) is 0. The standard InChI is InChI=1S/C12H12F6N2O3/c1-2-22-8(21)4-7-3-6(5-19)9(11(13,14)15)10(20-7)23-12(16,17)18/h3H,2,4-5,19H2,1H3. The van der Waals surface area contributed by atoms with Crippen LogP contribution in [0, 0.1) is 0 Å². The van der Waals surface area contributed by atoms with E-state index in [2.05, 4.69) is 14.5 Å². The second kappa shape index (κ2) is 7.02. The lowest BCUT2D eigenvalue weighted by molar-refractivity contribution is -0.278. The molecule has 0 atom stereocenters. The summed E-state index contributed by atoms with van der Waals surface area (Å²) in [6.07, 6.45) is -11.2. The van der Waals surface area contributed by atoms with Crippen molar-refractivity contribution in [1.29, 1.82) is 0 Å². The molecule has 1 heterocycles. The van der Waals surface area contributed by atoms with Gasteiger partial charge in [-0.25, -0.2) is 4.98 Å². The van der Waals surface area contributed by atoms with Gasteiger partial charge in [-0.2, -0.15) is 13.2 Å². The van der Waals surface area contributed by atoms with Crippen molar-refractivity contribution < 1.29 is 40.6 Å². The number of pyridine rings is 1. The Bertz CT molecular complexity index is 571. The first-order valence-electron chi connectivity index (χ1n) is 6.19. The molecule has 0 aromatic carbocycles. The highest BCUT2D eigenvalue weighted by atomic mass is 19.4. The topological polar surface area (TPSA) is 74.4 Å². The first-order chi connectivity index (χ1) is 10.5. The van der Waals surface area contributed by atoms with Crippen LogP contribution in [0.15, 0.2) is 6.07 Å². The lowest BCUT2D eigenvalue weighted by Crippen LogP contribution is -2.24. The average molecular weight is 346 g/mol. The molecule has 0 unspecified atom stereocenters. The number of rotatable bonds is 5. The summed E-state index contributed by atoms with van der Waals surface area (Å²) in [7, 11) is 0. The summed E-state index contributed by atoms with van der Waals surface area (Å²) in [5.41, 5.74) is 2.37. The van der Waals surface area contributed by atoms with Gasteiger partial charge in [0.1, 0.15) is 5.56 Å². The van der Waals surface area contributed by atoms with Crippen LogP contribution in [0.2, 0.25) is 0 Å². The van der Waals surface area contributed by atoms with Crippen molar-refractivity contribution in [2.75, 3.05) is 6.61 Å². The molecule has 11 heteroatoms. The van der Waals surface area contributed by atoms with E-state index in [9.17, 15) is 31.1 Å². The van der Waals surface area contributed by atoms with Crippen LogP contribution in [0.25, 0.3) is 0 Å². The maximum Gasteiger partial charge on any atom is 0.574 e. The molecule has 1 rings (SSSR count). The van der Waals surface area contributed by atoms with Crippen molar-refractivity contribution in [2.24, 2.45) is 5.73 Å². The quantitative estimate of drug-likeness (QED) is 0.655. The van der Waals surface area contributed by atoms with Crippen molar-refractivity contribution >= 4 is 5.97 Å². The van der Waals surface area contributed by atoms with E-state index in [1.165, 1.54) is 6.92 Å². The zero-order valence-electron chi connectivity index (χ0n) is 11.7. The summed E-state index contributed by atoms with van der Waals surface area (Å²) < 4.78 is 83.7. The molecule has 0 saturated heterocycles. The second-order valence-corrected chi connectivity index (χ2v) is 4.18. The predicted octanol–water partition coefficient (Wildman–Crippen LogP) is 2.56. The van der Waals surface area contributed by atoms with Crippen LogP contribution in [-0.4, -0.2) is 23.9 Å². The van der Waals surface area contributed by atoms with Gasteiger partial charge in [0.15, 0.2) is 0 Å². The summed E-state index contributed by atoms with van der Waals surface area (Å²) in [6.45, 7) is 0.762. The van der Waals surface area contributed by atoms with Crippen LogP contribution >= 0.6 is 0 Å². The average Bonchev–Trinajstić information content (AvgIpc) is 2.34. The van der Waals surface area contributed by atoms with Gasteiger partial charge < -0.3 is 15.2 Å². The Morgan fingerprint density at radius 2 is 1.87 bits per heavy atom. The first kappa shape index (κ1) is 19.0. The summed E-state index contributed by atoms with van der Waals surface area (Å²) in [5.74, 6) is -2.56. The normalized spacial score (nSPS) is 12.2. The third kappa shape index (κ3) is 5.58. The van der Waals surface area contributed by atoms with Crippen LogP contribution < -0.4 is 10.5 Å². The number of halogens is 6. The Morgan fingerprint density at radius 1 is 1.26 bits per heavy atom. The zero-order chi connectivity index (χ0) is 17.8. The maximum atomic E-state index is 13.0. The molecule has 130 valence electrons. The number of hydrogen-bond acceptors (Lipinski definition) is 5. The lowest BCUT2D eigenvalue weighted by atomic mass is 10.1. The number of carbonyl (C=O) groups excluding carboxylic acids is 1. The summed E-state index contributed by atoms with van der Waals surface area (Å²) >= 11 is 0. The largest absolute Gasteiger partial charge is 0.574 e. The van der Waals surface area contributed by atoms with Gasteiger partial charge in [-0.05, 0) is 18.6 Å². The fourth-order valence-electron chi connectivity index (χ4n) is 1.73. The molecule has 0 spiro atoms. The van der Waals surface area contributed by atoms with Gasteiger partial charge in [-0.3, -0.25) is 4.79 Å². The smallest absolute Gasteiger partial charge is 0.466 e. The Balaban J connectivity index is 3.38. The van der Waals surface area contributed by atoms with Crippen LogP contribution in [-0.2, 0) is 28.7 Å². The fourth-order valence-corrected chi connectivity index (χ4v) is 1.73. The number of aromatic nitrogens is 1. The zero-order valence-corrected chi connectivity index (χ0v) is 11.7. The van der Waals surface area contributed by atoms with Gasteiger partial charge in [0.25, 0.3) is 0 Å². The van der Waals surface area contributed by atoms with Crippen molar-refractivity contribution in [2.45, 2.75) is 32.4 Å². The van der Waals surface area contributed by atoms with Gasteiger partial charge in [0.05, 0.1) is 18.7 Å². The molecule has 0 amide bonds. The Labute approximate surface area is 126 Å². The van der Waals surface area contributed by atoms with Crippen LogP contribution in [0.1, 0.15) is 23.7 Å². The van der Waals surface area contributed by atoms with E-state index < -0.39 is 48.5 Å². The molecule has 0 aliphatic heterocycles. The predicted molar refractivity (Wildman–Crippen MR) is 64.2 cm³/mol. The van der Waals surface area contributed by atoms with E-state index in [0.29, 0.717) is 0 Å². The number of ether oxygens (including phenoxy) is 2. The van der Waals surface area contributed by atoms with Crippen LogP contribution in [0.3, 0.4) is 0 Å². The number of nitrogens with two attached hydrogens (primary N) is 1. The molecule has 0 aliphatic carbocycles. The third-order valence-corrected chi connectivity index (χ3v) is 2.47. The molecule has 23 heavy (non-hydrogen) atoms. The maximum absolute atomic E-state index is 13.0. The molecule has 0 saturated carbocycles. The summed E-state index contributed by atoms with van der Waals surface area (Å²) in [4.78, 5) is 14.4. The van der Waals surface area contributed by atoms with E-state index in [1.807, 2.05) is 0 Å². The van der Waals surface area contributed by atoms with Crippen LogP contribution in [0.4, 0.5) is 26.3 Å². The number of alkyl halides is 6. The molecule has 5 nitrogen and oxygen atoms in total. The van der Waals surface area contributed by atoms with Crippen molar-refractivity contribution in [3.63, 3.8) is 0 Å². The molecule has 0 fully saturated rings. The van der Waals surface area contributed by atoms with Gasteiger partial charge in [-0.1, -0.05) is 0 Å². The number of hydrogen-bond donors (Lipinski definition) is 1. The van der Waals surface area contributed by atoms with Gasteiger partial charge in [-0.15, -0.1) is 13.2 Å². The third-order valence-electron chi connectivity index (χ3n) is 2.47. The Hall–Kier alpha value is -2.04. The second-order valence-electron chi connectivity index (χ2n) is 4.18. The van der Waals surface area contributed by atoms with Crippen molar-refractivity contribution in [1.82, 2.24) is 4.98 Å². The van der Waals surface area contributed by atoms with Gasteiger partial charge in [0.2, 0.25) is 5.88 Å². The number of nitrogens with zero attached hydrogens (tertiary/aromatic N) is 1. The van der Waals surface area contributed by atoms with Gasteiger partial charge in [0, 0.05) is 6.54 Å². The fraction of sp³-hybridized carbons (Fsp3) is 0.500. The Morgan fingerprint density at radius 3 is 2.30 bits per heavy atom. The van der Waals surface area contributed by atoms with E-state index in [-0.39, 0.29) is 12.3 Å². The first-order valence-corrected chi connectivity index (χ1v) is 6.19. The minimum atomic E-state index is -5.39. The molecule has 2 N–H and O–H groups in total.